The Kier molecular flexibility index (Phi) is 3.56. The molecule has 5 heteroatoms. The molecule has 1 heterocycles. The molecule has 0 aliphatic rings. The lowest BCUT2D eigenvalue weighted by atomic mass is 10.2. The van der Waals surface area contributed by atoms with E-state index in [4.69, 9.17) is 29.6 Å². The zero-order chi connectivity index (χ0) is 12.3. The summed E-state index contributed by atoms with van der Waals surface area (Å²) in [5.74, 6) is 0. The first-order valence-electron chi connectivity index (χ1n) is 4.94. The van der Waals surface area contributed by atoms with E-state index in [1.807, 2.05) is 18.2 Å². The van der Waals surface area contributed by atoms with Crippen LogP contribution < -0.4 is 11.1 Å². The van der Waals surface area contributed by atoms with Gasteiger partial charge in [-0.3, -0.25) is 4.98 Å². The van der Waals surface area contributed by atoms with Gasteiger partial charge in [-0.05, 0) is 18.2 Å². The number of rotatable bonds is 3. The van der Waals surface area contributed by atoms with Gasteiger partial charge in [0.2, 0.25) is 0 Å². The summed E-state index contributed by atoms with van der Waals surface area (Å²) in [5.41, 5.74) is 7.92. The Bertz CT molecular complexity index is 557. The van der Waals surface area contributed by atoms with Gasteiger partial charge in [-0.25, -0.2) is 0 Å². The van der Waals surface area contributed by atoms with Gasteiger partial charge in [0.15, 0.2) is 0 Å². The van der Waals surface area contributed by atoms with Gasteiger partial charge >= 0.3 is 0 Å². The van der Waals surface area contributed by atoms with Crippen LogP contribution >= 0.6 is 23.8 Å². The zero-order valence-corrected chi connectivity index (χ0v) is 10.4. The van der Waals surface area contributed by atoms with Gasteiger partial charge in [-0.1, -0.05) is 36.0 Å². The molecule has 0 atom stereocenters. The summed E-state index contributed by atoms with van der Waals surface area (Å²) in [6.45, 7) is 0. The van der Waals surface area contributed by atoms with Crippen LogP contribution in [0.4, 0.5) is 11.4 Å². The summed E-state index contributed by atoms with van der Waals surface area (Å²) in [4.78, 5) is 4.35. The number of halogens is 1. The topological polar surface area (TPSA) is 50.9 Å². The quantitative estimate of drug-likeness (QED) is 0.836. The lowest BCUT2D eigenvalue weighted by molar-refractivity contribution is 1.31. The molecule has 1 aromatic carbocycles. The van der Waals surface area contributed by atoms with Gasteiger partial charge in [0.05, 0.1) is 22.6 Å². The summed E-state index contributed by atoms with van der Waals surface area (Å²) in [6, 6.07) is 9.21. The van der Waals surface area contributed by atoms with Crippen LogP contribution in [0.5, 0.6) is 0 Å². The number of nitrogens with one attached hydrogen (secondary N) is 1. The fourth-order valence-electron chi connectivity index (χ4n) is 1.42. The average molecular weight is 264 g/mol. The minimum absolute atomic E-state index is 0.321. The second-order valence-corrected chi connectivity index (χ2v) is 4.24. The summed E-state index contributed by atoms with van der Waals surface area (Å²) in [6.07, 6.45) is 3.31. The Morgan fingerprint density at radius 3 is 2.71 bits per heavy atom. The molecule has 2 aromatic rings. The van der Waals surface area contributed by atoms with Crippen molar-refractivity contribution >= 4 is 40.2 Å². The van der Waals surface area contributed by atoms with Gasteiger partial charge in [0.1, 0.15) is 4.99 Å². The van der Waals surface area contributed by atoms with E-state index in [9.17, 15) is 0 Å². The van der Waals surface area contributed by atoms with Crippen molar-refractivity contribution in [2.75, 3.05) is 5.32 Å². The molecule has 17 heavy (non-hydrogen) atoms. The third-order valence-corrected chi connectivity index (χ3v) is 2.78. The van der Waals surface area contributed by atoms with E-state index in [0.717, 1.165) is 16.9 Å². The molecule has 3 nitrogen and oxygen atoms in total. The third-order valence-electron chi connectivity index (χ3n) is 2.23. The standard InChI is InChI=1S/C12H10ClN3S/c13-9-3-1-2-4-10(9)16-11-7-15-6-5-8(11)12(14)17/h1-7,16H,(H2,14,17). The molecule has 0 saturated carbocycles. The maximum absolute atomic E-state index is 6.06. The first-order chi connectivity index (χ1) is 8.18. The van der Waals surface area contributed by atoms with Crippen molar-refractivity contribution in [2.24, 2.45) is 5.73 Å². The third kappa shape index (κ3) is 2.72. The molecule has 0 unspecified atom stereocenters. The number of pyridine rings is 1. The van der Waals surface area contributed by atoms with E-state index >= 15 is 0 Å². The molecule has 1 aromatic heterocycles. The largest absolute Gasteiger partial charge is 0.389 e. The van der Waals surface area contributed by atoms with Crippen molar-refractivity contribution in [3.63, 3.8) is 0 Å². The Balaban J connectivity index is 2.37. The first kappa shape index (κ1) is 11.8. The summed E-state index contributed by atoms with van der Waals surface area (Å²) in [7, 11) is 0. The second kappa shape index (κ2) is 5.12. The van der Waals surface area contributed by atoms with E-state index in [-0.39, 0.29) is 0 Å². The van der Waals surface area contributed by atoms with Crippen molar-refractivity contribution in [3.05, 3.63) is 53.3 Å². The summed E-state index contributed by atoms with van der Waals surface area (Å²) in [5, 5.41) is 3.79. The number of thiocarbonyl (C=S) groups is 1. The predicted octanol–water partition coefficient (Wildman–Crippen LogP) is 3.11. The van der Waals surface area contributed by atoms with E-state index in [2.05, 4.69) is 10.3 Å². The molecule has 0 fully saturated rings. The summed E-state index contributed by atoms with van der Waals surface area (Å²) >= 11 is 11.0. The van der Waals surface area contributed by atoms with Crippen molar-refractivity contribution in [2.45, 2.75) is 0 Å². The number of aromatic nitrogens is 1. The normalized spacial score (nSPS) is 9.94. The molecule has 0 aliphatic heterocycles. The smallest absolute Gasteiger partial charge is 0.106 e. The minimum atomic E-state index is 0.321. The van der Waals surface area contributed by atoms with Crippen LogP contribution in [-0.2, 0) is 0 Å². The van der Waals surface area contributed by atoms with E-state index in [1.165, 1.54) is 0 Å². The molecule has 2 rings (SSSR count). The number of para-hydroxylation sites is 1. The van der Waals surface area contributed by atoms with Crippen LogP contribution in [0.15, 0.2) is 42.7 Å². The lowest BCUT2D eigenvalue weighted by Crippen LogP contribution is -2.12. The Morgan fingerprint density at radius 1 is 1.24 bits per heavy atom. The molecule has 3 N–H and O–H groups in total. The number of nitrogens with zero attached hydrogens (tertiary/aromatic N) is 1. The van der Waals surface area contributed by atoms with Crippen LogP contribution in [0.3, 0.4) is 0 Å². The van der Waals surface area contributed by atoms with Gasteiger partial charge in [-0.2, -0.15) is 0 Å². The monoisotopic (exact) mass is 263 g/mol. The van der Waals surface area contributed by atoms with E-state index in [0.29, 0.717) is 10.0 Å². The molecular formula is C12H10ClN3S. The van der Waals surface area contributed by atoms with E-state index < -0.39 is 0 Å². The van der Waals surface area contributed by atoms with Crippen LogP contribution in [-0.4, -0.2) is 9.97 Å². The maximum Gasteiger partial charge on any atom is 0.106 e. The number of hydrogen-bond acceptors (Lipinski definition) is 3. The summed E-state index contributed by atoms with van der Waals surface area (Å²) < 4.78 is 0. The SMILES string of the molecule is NC(=S)c1ccncc1Nc1ccccc1Cl. The maximum atomic E-state index is 6.06. The average Bonchev–Trinajstić information content (AvgIpc) is 2.32. The van der Waals surface area contributed by atoms with Gasteiger partial charge in [0.25, 0.3) is 0 Å². The highest BCUT2D eigenvalue weighted by atomic mass is 35.5. The Labute approximate surface area is 110 Å². The second-order valence-electron chi connectivity index (χ2n) is 3.39. The first-order valence-corrected chi connectivity index (χ1v) is 5.72. The number of nitrogens with two attached hydrogens (primary N) is 1. The number of anilines is 2. The van der Waals surface area contributed by atoms with Crippen molar-refractivity contribution in [3.8, 4) is 0 Å². The van der Waals surface area contributed by atoms with Crippen LogP contribution in [0.2, 0.25) is 5.02 Å². The highest BCUT2D eigenvalue weighted by Crippen LogP contribution is 2.26. The van der Waals surface area contributed by atoms with Crippen molar-refractivity contribution in [1.82, 2.24) is 4.98 Å². The molecule has 0 spiro atoms. The highest BCUT2D eigenvalue weighted by Gasteiger charge is 2.06. The minimum Gasteiger partial charge on any atom is -0.389 e. The molecule has 0 bridgehead atoms. The number of benzene rings is 1. The van der Waals surface area contributed by atoms with Crippen LogP contribution in [0.1, 0.15) is 5.56 Å². The molecule has 0 amide bonds. The van der Waals surface area contributed by atoms with Crippen LogP contribution in [0, 0.1) is 0 Å². The van der Waals surface area contributed by atoms with E-state index in [1.54, 1.807) is 24.5 Å². The molecule has 0 radical (unpaired) electrons. The van der Waals surface area contributed by atoms with Gasteiger partial charge in [-0.15, -0.1) is 0 Å². The predicted molar refractivity (Wildman–Crippen MR) is 74.9 cm³/mol. The highest BCUT2D eigenvalue weighted by molar-refractivity contribution is 7.80. The lowest BCUT2D eigenvalue weighted by Gasteiger charge is -2.11. The fourth-order valence-corrected chi connectivity index (χ4v) is 1.78. The fraction of sp³-hybridized carbons (Fsp3) is 0. The Hall–Kier alpha value is -1.65. The van der Waals surface area contributed by atoms with Gasteiger partial charge in [0, 0.05) is 11.8 Å². The molecule has 0 saturated heterocycles. The number of hydrogen-bond donors (Lipinski definition) is 2. The van der Waals surface area contributed by atoms with Crippen molar-refractivity contribution < 1.29 is 0 Å². The van der Waals surface area contributed by atoms with Crippen molar-refractivity contribution in [1.29, 1.82) is 0 Å². The van der Waals surface area contributed by atoms with Gasteiger partial charge < -0.3 is 11.1 Å². The molecular weight excluding hydrogens is 254 g/mol. The molecule has 86 valence electrons. The molecule has 0 aliphatic carbocycles. The van der Waals surface area contributed by atoms with Crippen LogP contribution in [0.25, 0.3) is 0 Å². The zero-order valence-electron chi connectivity index (χ0n) is 8.85. The Morgan fingerprint density at radius 2 is 2.00 bits per heavy atom.